The number of carboxylic acid groups (broad SMARTS) is 1. The smallest absolute Gasteiger partial charge is 0.325 e. The number of carbonyl (C=O) groups excluding carboxylic acids is 1. The Hall–Kier alpha value is -2.04. The van der Waals surface area contributed by atoms with Crippen molar-refractivity contribution in [3.63, 3.8) is 0 Å². The average molecular weight is 265 g/mol. The topological polar surface area (TPSA) is 75.6 Å². The van der Waals surface area contributed by atoms with Gasteiger partial charge in [0.1, 0.15) is 11.8 Å². The second-order valence-corrected chi connectivity index (χ2v) is 4.86. The summed E-state index contributed by atoms with van der Waals surface area (Å²) in [6, 6.07) is 6.26. The number of hydrogen-bond donors (Lipinski definition) is 2. The van der Waals surface area contributed by atoms with E-state index in [2.05, 4.69) is 5.32 Å². The van der Waals surface area contributed by atoms with Crippen molar-refractivity contribution in [1.29, 1.82) is 0 Å². The molecule has 0 spiro atoms. The van der Waals surface area contributed by atoms with Crippen molar-refractivity contribution >= 4 is 11.9 Å². The number of carbonyl (C=O) groups is 2. The highest BCUT2D eigenvalue weighted by Crippen LogP contribution is 2.31. The van der Waals surface area contributed by atoms with Crippen LogP contribution in [-0.4, -0.2) is 30.1 Å². The highest BCUT2D eigenvalue weighted by molar-refractivity contribution is 5.91. The summed E-state index contributed by atoms with van der Waals surface area (Å²) in [4.78, 5) is 23.0. The lowest BCUT2D eigenvalue weighted by molar-refractivity contribution is -0.142. The quantitative estimate of drug-likeness (QED) is 0.847. The van der Waals surface area contributed by atoms with E-state index in [9.17, 15) is 9.59 Å². The van der Waals surface area contributed by atoms with E-state index in [-0.39, 0.29) is 5.91 Å². The molecule has 0 fully saturated rings. The Balaban J connectivity index is 3.02. The number of rotatable bonds is 5. The first-order chi connectivity index (χ1) is 8.80. The second kappa shape index (κ2) is 5.73. The van der Waals surface area contributed by atoms with Gasteiger partial charge in [-0.3, -0.25) is 9.59 Å². The van der Waals surface area contributed by atoms with E-state index in [0.717, 1.165) is 0 Å². The molecule has 5 heteroatoms. The molecule has 0 heterocycles. The molecule has 1 aromatic carbocycles. The molecule has 0 saturated heterocycles. The van der Waals surface area contributed by atoms with Gasteiger partial charge in [0.25, 0.3) is 0 Å². The molecule has 0 aliphatic heterocycles. The number of benzene rings is 1. The Labute approximate surface area is 112 Å². The Kier molecular flexibility index (Phi) is 4.53. The van der Waals surface area contributed by atoms with E-state index in [1.54, 1.807) is 26.0 Å². The Morgan fingerprint density at radius 1 is 1.32 bits per heavy atom. The normalized spacial score (nSPS) is 12.6. The fraction of sp³-hybridized carbons (Fsp3) is 0.429. The largest absolute Gasteiger partial charge is 0.496 e. The highest BCUT2D eigenvalue weighted by Gasteiger charge is 2.33. The van der Waals surface area contributed by atoms with E-state index >= 15 is 0 Å². The number of methoxy groups -OCH3 is 1. The molecule has 2 N–H and O–H groups in total. The molecule has 0 aromatic heterocycles. The van der Waals surface area contributed by atoms with Gasteiger partial charge in [-0.2, -0.15) is 0 Å². The molecule has 1 aromatic rings. The van der Waals surface area contributed by atoms with E-state index in [1.807, 2.05) is 12.1 Å². The minimum Gasteiger partial charge on any atom is -0.496 e. The van der Waals surface area contributed by atoms with E-state index in [4.69, 9.17) is 9.84 Å². The van der Waals surface area contributed by atoms with Crippen LogP contribution in [0.4, 0.5) is 0 Å². The van der Waals surface area contributed by atoms with E-state index < -0.39 is 17.4 Å². The standard InChI is InChI=1S/C14H19NO4/c1-9(12(16)17)15-13(18)14(2,3)10-7-5-6-8-11(10)19-4/h5-9H,1-4H3,(H,15,18)(H,16,17)/t9-/m0/s1. The molecule has 0 radical (unpaired) electrons. The first-order valence-corrected chi connectivity index (χ1v) is 5.98. The number of carboxylic acids is 1. The van der Waals surface area contributed by atoms with Crippen LogP contribution in [0.5, 0.6) is 5.75 Å². The van der Waals surface area contributed by atoms with E-state index in [0.29, 0.717) is 11.3 Å². The molecule has 1 rings (SSSR count). The Morgan fingerprint density at radius 2 is 1.89 bits per heavy atom. The molecule has 104 valence electrons. The van der Waals surface area contributed by atoms with Crippen molar-refractivity contribution < 1.29 is 19.4 Å². The SMILES string of the molecule is COc1ccccc1C(C)(C)C(=O)N[C@@H](C)C(=O)O. The van der Waals surface area contributed by atoms with Gasteiger partial charge in [0, 0.05) is 5.56 Å². The highest BCUT2D eigenvalue weighted by atomic mass is 16.5. The molecule has 0 bridgehead atoms. The van der Waals surface area contributed by atoms with Crippen molar-refractivity contribution in [2.75, 3.05) is 7.11 Å². The van der Waals surface area contributed by atoms with Gasteiger partial charge in [0.05, 0.1) is 12.5 Å². The van der Waals surface area contributed by atoms with Gasteiger partial charge in [-0.05, 0) is 26.8 Å². The zero-order chi connectivity index (χ0) is 14.6. The summed E-state index contributed by atoms with van der Waals surface area (Å²) in [5.41, 5.74) is -0.163. The van der Waals surface area contributed by atoms with Gasteiger partial charge in [0.2, 0.25) is 5.91 Å². The monoisotopic (exact) mass is 265 g/mol. The zero-order valence-electron chi connectivity index (χ0n) is 11.6. The van der Waals surface area contributed by atoms with Crippen molar-refractivity contribution in [3.05, 3.63) is 29.8 Å². The predicted molar refractivity (Wildman–Crippen MR) is 71.3 cm³/mol. The third-order valence-corrected chi connectivity index (χ3v) is 3.07. The molecule has 0 unspecified atom stereocenters. The first kappa shape index (κ1) is 15.0. The van der Waals surface area contributed by atoms with Crippen LogP contribution in [0.25, 0.3) is 0 Å². The molecule has 19 heavy (non-hydrogen) atoms. The number of ether oxygens (including phenoxy) is 1. The summed E-state index contributed by atoms with van der Waals surface area (Å²) in [5, 5.41) is 11.3. The minimum absolute atomic E-state index is 0.355. The summed E-state index contributed by atoms with van der Waals surface area (Å²) >= 11 is 0. The van der Waals surface area contributed by atoms with E-state index in [1.165, 1.54) is 14.0 Å². The van der Waals surface area contributed by atoms with Gasteiger partial charge in [-0.1, -0.05) is 18.2 Å². The van der Waals surface area contributed by atoms with Crippen LogP contribution in [0, 0.1) is 0 Å². The third kappa shape index (κ3) is 3.24. The van der Waals surface area contributed by atoms with Crippen LogP contribution in [-0.2, 0) is 15.0 Å². The van der Waals surface area contributed by atoms with Crippen molar-refractivity contribution in [2.24, 2.45) is 0 Å². The fourth-order valence-corrected chi connectivity index (χ4v) is 1.72. The summed E-state index contributed by atoms with van der Waals surface area (Å²) in [6.07, 6.45) is 0. The van der Waals surface area contributed by atoms with Crippen molar-refractivity contribution in [3.8, 4) is 5.75 Å². The summed E-state index contributed by atoms with van der Waals surface area (Å²) in [7, 11) is 1.53. The Bertz CT molecular complexity index is 482. The van der Waals surface area contributed by atoms with Gasteiger partial charge >= 0.3 is 5.97 Å². The van der Waals surface area contributed by atoms with Crippen LogP contribution >= 0.6 is 0 Å². The minimum atomic E-state index is -1.07. The number of para-hydroxylation sites is 1. The molecule has 1 atom stereocenters. The third-order valence-electron chi connectivity index (χ3n) is 3.07. The van der Waals surface area contributed by atoms with Crippen LogP contribution in [0.3, 0.4) is 0 Å². The van der Waals surface area contributed by atoms with Gasteiger partial charge in [-0.15, -0.1) is 0 Å². The van der Waals surface area contributed by atoms with Crippen LogP contribution in [0.15, 0.2) is 24.3 Å². The second-order valence-electron chi connectivity index (χ2n) is 4.86. The first-order valence-electron chi connectivity index (χ1n) is 5.98. The van der Waals surface area contributed by atoms with Crippen molar-refractivity contribution in [1.82, 2.24) is 5.32 Å². The maximum absolute atomic E-state index is 12.2. The molecular weight excluding hydrogens is 246 g/mol. The zero-order valence-corrected chi connectivity index (χ0v) is 11.6. The number of aliphatic carboxylic acids is 1. The lowest BCUT2D eigenvalue weighted by Crippen LogP contribution is -2.47. The number of hydrogen-bond acceptors (Lipinski definition) is 3. The van der Waals surface area contributed by atoms with Crippen LogP contribution in [0.2, 0.25) is 0 Å². The summed E-state index contributed by atoms with van der Waals surface area (Å²) in [5.74, 6) is -0.818. The molecule has 0 aliphatic rings. The molecule has 0 saturated carbocycles. The Morgan fingerprint density at radius 3 is 2.42 bits per heavy atom. The van der Waals surface area contributed by atoms with Crippen LogP contribution in [0.1, 0.15) is 26.3 Å². The molecule has 1 amide bonds. The number of nitrogens with one attached hydrogen (secondary N) is 1. The van der Waals surface area contributed by atoms with Crippen molar-refractivity contribution in [2.45, 2.75) is 32.2 Å². The predicted octanol–water partition coefficient (Wildman–Crippen LogP) is 1.56. The molecular formula is C14H19NO4. The van der Waals surface area contributed by atoms with Gasteiger partial charge < -0.3 is 15.2 Å². The number of amides is 1. The average Bonchev–Trinajstić information content (AvgIpc) is 2.38. The summed E-state index contributed by atoms with van der Waals surface area (Å²) in [6.45, 7) is 4.89. The maximum Gasteiger partial charge on any atom is 0.325 e. The van der Waals surface area contributed by atoms with Crippen LogP contribution < -0.4 is 10.1 Å². The lowest BCUT2D eigenvalue weighted by Gasteiger charge is -2.27. The molecule has 0 aliphatic carbocycles. The van der Waals surface area contributed by atoms with Gasteiger partial charge in [0.15, 0.2) is 0 Å². The summed E-state index contributed by atoms with van der Waals surface area (Å²) < 4.78 is 5.24. The fourth-order valence-electron chi connectivity index (χ4n) is 1.72. The molecule has 5 nitrogen and oxygen atoms in total. The maximum atomic E-state index is 12.2. The lowest BCUT2D eigenvalue weighted by atomic mass is 9.83. The van der Waals surface area contributed by atoms with Gasteiger partial charge in [-0.25, -0.2) is 0 Å².